The van der Waals surface area contributed by atoms with E-state index in [1.165, 1.54) is 0 Å². The van der Waals surface area contributed by atoms with E-state index >= 15 is 0 Å². The molecule has 0 aliphatic carbocycles. The number of carboxylic acid groups (broad SMARTS) is 1. The van der Waals surface area contributed by atoms with Crippen LogP contribution in [0.3, 0.4) is 0 Å². The number of benzene rings is 1. The molecule has 0 radical (unpaired) electrons. The zero-order valence-electron chi connectivity index (χ0n) is 6.87. The minimum Gasteiger partial charge on any atom is -0.478 e. The molecule has 12 heavy (non-hydrogen) atoms. The van der Waals surface area contributed by atoms with Crippen molar-refractivity contribution in [1.82, 2.24) is 0 Å². The highest BCUT2D eigenvalue weighted by Crippen LogP contribution is 2.14. The van der Waals surface area contributed by atoms with E-state index in [0.29, 0.717) is 5.69 Å². The van der Waals surface area contributed by atoms with Crippen molar-refractivity contribution in [2.75, 3.05) is 5.73 Å². The van der Waals surface area contributed by atoms with E-state index < -0.39 is 5.97 Å². The van der Waals surface area contributed by atoms with Gasteiger partial charge in [0.2, 0.25) is 0 Å². The van der Waals surface area contributed by atoms with Crippen molar-refractivity contribution in [3.63, 3.8) is 0 Å². The van der Waals surface area contributed by atoms with E-state index in [0.717, 1.165) is 12.0 Å². The first-order chi connectivity index (χ1) is 5.65. The molecule has 0 saturated carbocycles. The molecular weight excluding hydrogens is 154 g/mol. The van der Waals surface area contributed by atoms with Gasteiger partial charge in [0, 0.05) is 5.69 Å². The normalized spacial score (nSPS) is 9.75. The molecule has 0 fully saturated rings. The molecule has 3 heteroatoms. The van der Waals surface area contributed by atoms with Crippen LogP contribution in [0.25, 0.3) is 0 Å². The Morgan fingerprint density at radius 2 is 2.25 bits per heavy atom. The third-order valence-corrected chi connectivity index (χ3v) is 1.76. The fourth-order valence-electron chi connectivity index (χ4n) is 1.01. The van der Waals surface area contributed by atoms with Crippen LogP contribution in [0.1, 0.15) is 22.8 Å². The molecule has 0 aliphatic rings. The molecule has 0 atom stereocenters. The number of aromatic carboxylic acids is 1. The molecule has 3 N–H and O–H groups in total. The molecule has 0 bridgehead atoms. The van der Waals surface area contributed by atoms with Crippen LogP contribution in [0.5, 0.6) is 0 Å². The molecule has 1 aromatic carbocycles. The summed E-state index contributed by atoms with van der Waals surface area (Å²) in [6, 6.07) is 5.07. The lowest BCUT2D eigenvalue weighted by atomic mass is 10.1. The maximum absolute atomic E-state index is 10.6. The van der Waals surface area contributed by atoms with Crippen LogP contribution in [0, 0.1) is 0 Å². The maximum atomic E-state index is 10.6. The van der Waals surface area contributed by atoms with Crippen molar-refractivity contribution >= 4 is 11.7 Å². The second kappa shape index (κ2) is 3.26. The van der Waals surface area contributed by atoms with Crippen LogP contribution in [0.4, 0.5) is 5.69 Å². The van der Waals surface area contributed by atoms with Gasteiger partial charge in [-0.25, -0.2) is 4.79 Å². The van der Waals surface area contributed by atoms with Crippen LogP contribution in [-0.2, 0) is 6.42 Å². The molecule has 0 unspecified atom stereocenters. The highest BCUT2D eigenvalue weighted by molar-refractivity contribution is 5.93. The van der Waals surface area contributed by atoms with Crippen LogP contribution >= 0.6 is 0 Å². The van der Waals surface area contributed by atoms with Crippen LogP contribution in [0.2, 0.25) is 0 Å². The fraction of sp³-hybridized carbons (Fsp3) is 0.222. The SMILES string of the molecule is CCc1ccc(N)c(C(=O)O)c1. The summed E-state index contributed by atoms with van der Waals surface area (Å²) in [6.45, 7) is 1.97. The predicted octanol–water partition coefficient (Wildman–Crippen LogP) is 1.53. The van der Waals surface area contributed by atoms with Gasteiger partial charge in [0.05, 0.1) is 5.56 Å². The third kappa shape index (κ3) is 1.56. The van der Waals surface area contributed by atoms with Crippen LogP contribution < -0.4 is 5.73 Å². The fourth-order valence-corrected chi connectivity index (χ4v) is 1.01. The molecule has 0 heterocycles. The Morgan fingerprint density at radius 1 is 1.58 bits per heavy atom. The Hall–Kier alpha value is -1.51. The highest BCUT2D eigenvalue weighted by atomic mass is 16.4. The van der Waals surface area contributed by atoms with Gasteiger partial charge < -0.3 is 10.8 Å². The van der Waals surface area contributed by atoms with Crippen molar-refractivity contribution in [3.8, 4) is 0 Å². The van der Waals surface area contributed by atoms with Gasteiger partial charge in [-0.15, -0.1) is 0 Å². The molecular formula is C9H11NO2. The third-order valence-electron chi connectivity index (χ3n) is 1.76. The van der Waals surface area contributed by atoms with Crippen molar-refractivity contribution in [2.45, 2.75) is 13.3 Å². The molecule has 3 nitrogen and oxygen atoms in total. The van der Waals surface area contributed by atoms with Crippen molar-refractivity contribution in [2.24, 2.45) is 0 Å². The molecule has 0 aromatic heterocycles. The van der Waals surface area contributed by atoms with Gasteiger partial charge in [-0.2, -0.15) is 0 Å². The minimum absolute atomic E-state index is 0.189. The number of carboxylic acids is 1. The summed E-state index contributed by atoms with van der Waals surface area (Å²) in [4.78, 5) is 10.6. The Kier molecular flexibility index (Phi) is 2.33. The number of carbonyl (C=O) groups is 1. The number of anilines is 1. The van der Waals surface area contributed by atoms with Crippen molar-refractivity contribution < 1.29 is 9.90 Å². The second-order valence-corrected chi connectivity index (χ2v) is 2.58. The predicted molar refractivity (Wildman–Crippen MR) is 47.2 cm³/mol. The second-order valence-electron chi connectivity index (χ2n) is 2.58. The summed E-state index contributed by atoms with van der Waals surface area (Å²) in [5.41, 5.74) is 6.96. The van der Waals surface area contributed by atoms with E-state index in [2.05, 4.69) is 0 Å². The van der Waals surface area contributed by atoms with E-state index in [1.54, 1.807) is 12.1 Å². The lowest BCUT2D eigenvalue weighted by Gasteiger charge is -2.02. The zero-order chi connectivity index (χ0) is 9.14. The van der Waals surface area contributed by atoms with Gasteiger partial charge in [0.25, 0.3) is 0 Å². The molecule has 0 saturated heterocycles. The Morgan fingerprint density at radius 3 is 2.75 bits per heavy atom. The summed E-state index contributed by atoms with van der Waals surface area (Å²) in [7, 11) is 0. The first-order valence-electron chi connectivity index (χ1n) is 3.77. The minimum atomic E-state index is -0.970. The first-order valence-corrected chi connectivity index (χ1v) is 3.77. The summed E-state index contributed by atoms with van der Waals surface area (Å²) in [5.74, 6) is -0.970. The van der Waals surface area contributed by atoms with Crippen molar-refractivity contribution in [1.29, 1.82) is 0 Å². The molecule has 1 aromatic rings. The monoisotopic (exact) mass is 165 g/mol. The van der Waals surface area contributed by atoms with E-state index in [4.69, 9.17) is 10.8 Å². The number of hydrogen-bond donors (Lipinski definition) is 2. The van der Waals surface area contributed by atoms with Crippen LogP contribution in [0.15, 0.2) is 18.2 Å². The average molecular weight is 165 g/mol. The van der Waals surface area contributed by atoms with Gasteiger partial charge in [0.15, 0.2) is 0 Å². The number of nitrogens with two attached hydrogens (primary N) is 1. The quantitative estimate of drug-likeness (QED) is 0.653. The molecule has 0 amide bonds. The molecule has 0 spiro atoms. The Labute approximate surface area is 70.8 Å². The van der Waals surface area contributed by atoms with E-state index in [-0.39, 0.29) is 5.56 Å². The van der Waals surface area contributed by atoms with Gasteiger partial charge in [0.1, 0.15) is 0 Å². The van der Waals surface area contributed by atoms with Gasteiger partial charge in [-0.1, -0.05) is 13.0 Å². The smallest absolute Gasteiger partial charge is 0.337 e. The van der Waals surface area contributed by atoms with Gasteiger partial charge in [-0.05, 0) is 24.1 Å². The number of rotatable bonds is 2. The number of hydrogen-bond acceptors (Lipinski definition) is 2. The largest absolute Gasteiger partial charge is 0.478 e. The Balaban J connectivity index is 3.17. The highest BCUT2D eigenvalue weighted by Gasteiger charge is 2.07. The van der Waals surface area contributed by atoms with Crippen molar-refractivity contribution in [3.05, 3.63) is 29.3 Å². The summed E-state index contributed by atoms with van der Waals surface area (Å²) in [6.07, 6.45) is 0.820. The first kappa shape index (κ1) is 8.59. The molecule has 64 valence electrons. The number of nitrogen functional groups attached to an aromatic ring is 1. The average Bonchev–Trinajstić information content (AvgIpc) is 2.05. The lowest BCUT2D eigenvalue weighted by Crippen LogP contribution is -2.02. The van der Waals surface area contributed by atoms with Crippen LogP contribution in [-0.4, -0.2) is 11.1 Å². The standard InChI is InChI=1S/C9H11NO2/c1-2-6-3-4-8(10)7(5-6)9(11)12/h3-5H,2,10H2,1H3,(H,11,12). The summed E-state index contributed by atoms with van der Waals surface area (Å²) < 4.78 is 0. The van der Waals surface area contributed by atoms with Gasteiger partial charge in [-0.3, -0.25) is 0 Å². The van der Waals surface area contributed by atoms with E-state index in [9.17, 15) is 4.79 Å². The summed E-state index contributed by atoms with van der Waals surface area (Å²) in [5, 5.41) is 8.71. The topological polar surface area (TPSA) is 63.3 Å². The van der Waals surface area contributed by atoms with Gasteiger partial charge >= 0.3 is 5.97 Å². The van der Waals surface area contributed by atoms with E-state index in [1.807, 2.05) is 13.0 Å². The number of aryl methyl sites for hydroxylation is 1. The lowest BCUT2D eigenvalue weighted by molar-refractivity contribution is 0.0698. The molecule has 0 aliphatic heterocycles. The maximum Gasteiger partial charge on any atom is 0.337 e. The Bertz CT molecular complexity index is 307. The zero-order valence-corrected chi connectivity index (χ0v) is 6.87. The summed E-state index contributed by atoms with van der Waals surface area (Å²) >= 11 is 0. The molecule has 1 rings (SSSR count).